The van der Waals surface area contributed by atoms with E-state index >= 15 is 0 Å². The van der Waals surface area contributed by atoms with Crippen molar-refractivity contribution in [2.24, 2.45) is 5.73 Å². The van der Waals surface area contributed by atoms with E-state index in [0.29, 0.717) is 6.61 Å². The van der Waals surface area contributed by atoms with Crippen LogP contribution in [0, 0.1) is 13.8 Å². The second-order valence-electron chi connectivity index (χ2n) is 4.97. The Morgan fingerprint density at radius 3 is 2.71 bits per heavy atom. The monoisotopic (exact) mass is 235 g/mol. The number of methoxy groups -OCH3 is 1. The largest absolute Gasteiger partial charge is 0.496 e. The van der Waals surface area contributed by atoms with E-state index in [9.17, 15) is 0 Å². The smallest absolute Gasteiger partial charge is 0.124 e. The lowest BCUT2D eigenvalue weighted by atomic mass is 9.82. The van der Waals surface area contributed by atoms with Crippen LogP contribution in [0.2, 0.25) is 0 Å². The molecule has 1 aliphatic rings. The van der Waals surface area contributed by atoms with Gasteiger partial charge in [-0.05, 0) is 43.9 Å². The van der Waals surface area contributed by atoms with Crippen LogP contribution in [-0.4, -0.2) is 20.3 Å². The van der Waals surface area contributed by atoms with Crippen LogP contribution in [0.5, 0.6) is 5.75 Å². The molecule has 1 unspecified atom stereocenters. The van der Waals surface area contributed by atoms with Gasteiger partial charge in [-0.2, -0.15) is 0 Å². The van der Waals surface area contributed by atoms with Gasteiger partial charge in [-0.25, -0.2) is 0 Å². The molecule has 0 aliphatic carbocycles. The van der Waals surface area contributed by atoms with Gasteiger partial charge in [0.05, 0.1) is 19.3 Å². The summed E-state index contributed by atoms with van der Waals surface area (Å²) in [6.45, 7) is 5.55. The standard InChI is InChI=1S/C14H21NO2/c1-10-7-11(2)13(12(8-10)16-3)14(15)5-4-6-17-9-14/h7-8H,4-6,9,15H2,1-3H3. The summed E-state index contributed by atoms with van der Waals surface area (Å²) in [5.41, 5.74) is 9.59. The fourth-order valence-electron chi connectivity index (χ4n) is 2.74. The summed E-state index contributed by atoms with van der Waals surface area (Å²) in [6.07, 6.45) is 1.96. The lowest BCUT2D eigenvalue weighted by molar-refractivity contribution is 0.0354. The Morgan fingerprint density at radius 1 is 1.35 bits per heavy atom. The van der Waals surface area contributed by atoms with Crippen molar-refractivity contribution in [3.8, 4) is 5.75 Å². The van der Waals surface area contributed by atoms with Gasteiger partial charge in [-0.1, -0.05) is 6.07 Å². The normalized spacial score (nSPS) is 24.7. The zero-order valence-electron chi connectivity index (χ0n) is 10.9. The molecule has 1 aliphatic heterocycles. The van der Waals surface area contributed by atoms with Gasteiger partial charge in [0.15, 0.2) is 0 Å². The molecule has 94 valence electrons. The quantitative estimate of drug-likeness (QED) is 0.855. The number of ether oxygens (including phenoxy) is 2. The van der Waals surface area contributed by atoms with Crippen molar-refractivity contribution in [1.29, 1.82) is 0 Å². The van der Waals surface area contributed by atoms with Gasteiger partial charge in [-0.15, -0.1) is 0 Å². The van der Waals surface area contributed by atoms with E-state index in [1.807, 2.05) is 6.07 Å². The summed E-state index contributed by atoms with van der Waals surface area (Å²) in [5, 5.41) is 0. The Morgan fingerprint density at radius 2 is 2.12 bits per heavy atom. The molecule has 0 aromatic heterocycles. The SMILES string of the molecule is COc1cc(C)cc(C)c1C1(N)CCCOC1. The van der Waals surface area contributed by atoms with E-state index in [-0.39, 0.29) is 0 Å². The molecule has 1 atom stereocenters. The Hall–Kier alpha value is -1.06. The first-order valence-electron chi connectivity index (χ1n) is 6.09. The van der Waals surface area contributed by atoms with Gasteiger partial charge >= 0.3 is 0 Å². The van der Waals surface area contributed by atoms with Gasteiger partial charge in [0.25, 0.3) is 0 Å². The lowest BCUT2D eigenvalue weighted by Gasteiger charge is -2.36. The summed E-state index contributed by atoms with van der Waals surface area (Å²) in [5.74, 6) is 0.885. The molecule has 3 heteroatoms. The third-order valence-electron chi connectivity index (χ3n) is 3.43. The predicted molar refractivity (Wildman–Crippen MR) is 68.4 cm³/mol. The van der Waals surface area contributed by atoms with Crippen LogP contribution in [0.3, 0.4) is 0 Å². The van der Waals surface area contributed by atoms with E-state index in [2.05, 4.69) is 19.9 Å². The molecule has 1 saturated heterocycles. The van der Waals surface area contributed by atoms with Gasteiger partial charge in [0, 0.05) is 12.2 Å². The lowest BCUT2D eigenvalue weighted by Crippen LogP contribution is -2.45. The third-order valence-corrected chi connectivity index (χ3v) is 3.43. The molecule has 0 spiro atoms. The molecular weight excluding hydrogens is 214 g/mol. The molecule has 2 N–H and O–H groups in total. The van der Waals surface area contributed by atoms with E-state index in [0.717, 1.165) is 30.8 Å². The second-order valence-corrected chi connectivity index (χ2v) is 4.97. The van der Waals surface area contributed by atoms with E-state index in [1.54, 1.807) is 7.11 Å². The number of benzene rings is 1. The Balaban J connectivity index is 2.49. The van der Waals surface area contributed by atoms with Crippen LogP contribution in [0.4, 0.5) is 0 Å². The molecule has 2 rings (SSSR count). The van der Waals surface area contributed by atoms with Crippen molar-refractivity contribution in [1.82, 2.24) is 0 Å². The minimum absolute atomic E-state index is 0.401. The van der Waals surface area contributed by atoms with Crippen LogP contribution in [0.15, 0.2) is 12.1 Å². The predicted octanol–water partition coefficient (Wildman–Crippen LogP) is 2.28. The molecule has 0 amide bonds. The van der Waals surface area contributed by atoms with Gasteiger partial charge in [0.2, 0.25) is 0 Å². The van der Waals surface area contributed by atoms with Crippen molar-refractivity contribution in [3.63, 3.8) is 0 Å². The summed E-state index contributed by atoms with van der Waals surface area (Å²) in [6, 6.07) is 4.20. The maximum atomic E-state index is 6.50. The Labute approximate surface area is 103 Å². The van der Waals surface area contributed by atoms with Crippen molar-refractivity contribution in [2.45, 2.75) is 32.2 Å². The number of nitrogens with two attached hydrogens (primary N) is 1. The molecule has 1 heterocycles. The summed E-state index contributed by atoms with van der Waals surface area (Å²) >= 11 is 0. The van der Waals surface area contributed by atoms with Crippen LogP contribution in [0.1, 0.15) is 29.5 Å². The minimum Gasteiger partial charge on any atom is -0.496 e. The molecule has 1 fully saturated rings. The number of hydrogen-bond donors (Lipinski definition) is 1. The van der Waals surface area contributed by atoms with Gasteiger partial charge < -0.3 is 15.2 Å². The highest BCUT2D eigenvalue weighted by molar-refractivity contribution is 5.47. The summed E-state index contributed by atoms with van der Waals surface area (Å²) in [7, 11) is 1.70. The number of aryl methyl sites for hydroxylation is 2. The van der Waals surface area contributed by atoms with Crippen LogP contribution in [0.25, 0.3) is 0 Å². The first-order chi connectivity index (χ1) is 8.07. The van der Waals surface area contributed by atoms with Crippen LogP contribution >= 0.6 is 0 Å². The molecule has 0 saturated carbocycles. The first-order valence-corrected chi connectivity index (χ1v) is 6.09. The highest BCUT2D eigenvalue weighted by Crippen LogP contribution is 2.37. The molecule has 3 nitrogen and oxygen atoms in total. The molecule has 17 heavy (non-hydrogen) atoms. The summed E-state index contributed by atoms with van der Waals surface area (Å²) in [4.78, 5) is 0. The molecular formula is C14H21NO2. The zero-order valence-corrected chi connectivity index (χ0v) is 10.9. The molecule has 1 aromatic carbocycles. The van der Waals surface area contributed by atoms with Crippen molar-refractivity contribution < 1.29 is 9.47 Å². The highest BCUT2D eigenvalue weighted by atomic mass is 16.5. The van der Waals surface area contributed by atoms with Crippen molar-refractivity contribution in [3.05, 3.63) is 28.8 Å². The minimum atomic E-state index is -0.401. The highest BCUT2D eigenvalue weighted by Gasteiger charge is 2.34. The van der Waals surface area contributed by atoms with Crippen molar-refractivity contribution in [2.75, 3.05) is 20.3 Å². The second kappa shape index (κ2) is 4.67. The zero-order chi connectivity index (χ0) is 12.5. The maximum absolute atomic E-state index is 6.50. The fourth-order valence-corrected chi connectivity index (χ4v) is 2.74. The topological polar surface area (TPSA) is 44.5 Å². The third kappa shape index (κ3) is 2.31. The van der Waals surface area contributed by atoms with E-state index in [4.69, 9.17) is 15.2 Å². The van der Waals surface area contributed by atoms with Crippen LogP contribution in [-0.2, 0) is 10.3 Å². The molecule has 1 aromatic rings. The van der Waals surface area contributed by atoms with Gasteiger partial charge in [-0.3, -0.25) is 0 Å². The average Bonchev–Trinajstić information content (AvgIpc) is 2.28. The van der Waals surface area contributed by atoms with Crippen molar-refractivity contribution >= 4 is 0 Å². The molecule has 0 radical (unpaired) electrons. The first kappa shape index (κ1) is 12.4. The fraction of sp³-hybridized carbons (Fsp3) is 0.571. The van der Waals surface area contributed by atoms with Crippen LogP contribution < -0.4 is 10.5 Å². The number of hydrogen-bond acceptors (Lipinski definition) is 3. The van der Waals surface area contributed by atoms with Gasteiger partial charge in [0.1, 0.15) is 5.75 Å². The maximum Gasteiger partial charge on any atom is 0.124 e. The Bertz CT molecular complexity index is 409. The van der Waals surface area contributed by atoms with E-state index < -0.39 is 5.54 Å². The van der Waals surface area contributed by atoms with E-state index in [1.165, 1.54) is 11.1 Å². The average molecular weight is 235 g/mol. The summed E-state index contributed by atoms with van der Waals surface area (Å²) < 4.78 is 11.0. The number of rotatable bonds is 2. The Kier molecular flexibility index (Phi) is 3.40. The molecule has 0 bridgehead atoms.